The third-order valence-electron chi connectivity index (χ3n) is 6.97. The monoisotopic (exact) mass is 483 g/mol. The van der Waals surface area contributed by atoms with Crippen molar-refractivity contribution in [3.05, 3.63) is 59.0 Å². The first kappa shape index (κ1) is 25.6. The third kappa shape index (κ3) is 6.58. The Morgan fingerprint density at radius 3 is 2.69 bits per heavy atom. The fourth-order valence-electron chi connectivity index (χ4n) is 5.21. The van der Waals surface area contributed by atoms with Crippen molar-refractivity contribution in [3.63, 3.8) is 0 Å². The van der Waals surface area contributed by atoms with E-state index in [0.717, 1.165) is 43.2 Å². The van der Waals surface area contributed by atoms with Crippen LogP contribution in [0, 0.1) is 11.2 Å². The zero-order valence-electron chi connectivity index (χ0n) is 21.2. The molecule has 6 nitrogen and oxygen atoms in total. The molecule has 190 valence electrons. The minimum absolute atomic E-state index is 0.00624. The number of benzene rings is 1. The maximum Gasteiger partial charge on any atom is 0.218 e. The lowest BCUT2D eigenvalue weighted by molar-refractivity contribution is -0.120. The first-order chi connectivity index (χ1) is 16.5. The maximum absolute atomic E-state index is 13.7. The number of nitrogens with zero attached hydrogens (tertiary/aromatic N) is 1. The molecule has 0 unspecified atom stereocenters. The predicted octanol–water partition coefficient (Wildman–Crippen LogP) is 4.25. The molecule has 7 heteroatoms. The van der Waals surface area contributed by atoms with Crippen LogP contribution in [0.25, 0.3) is 0 Å². The van der Waals surface area contributed by atoms with E-state index in [1.807, 2.05) is 6.20 Å². The number of carbonyl (C=O) groups excluding carboxylic acids is 1. The van der Waals surface area contributed by atoms with E-state index in [2.05, 4.69) is 42.5 Å². The van der Waals surface area contributed by atoms with Crippen molar-refractivity contribution in [2.24, 2.45) is 5.41 Å². The number of carbonyl (C=O) groups is 1. The van der Waals surface area contributed by atoms with Gasteiger partial charge in [-0.05, 0) is 66.8 Å². The summed E-state index contributed by atoms with van der Waals surface area (Å²) >= 11 is 0. The van der Waals surface area contributed by atoms with Crippen LogP contribution in [-0.2, 0) is 17.6 Å². The topological polar surface area (TPSA) is 83.5 Å². The number of rotatable bonds is 8. The van der Waals surface area contributed by atoms with Crippen LogP contribution < -0.4 is 15.4 Å². The number of aliphatic hydroxyl groups is 1. The van der Waals surface area contributed by atoms with Gasteiger partial charge in [-0.3, -0.25) is 4.79 Å². The third-order valence-corrected chi connectivity index (χ3v) is 6.97. The number of ether oxygens (including phenoxy) is 1. The number of nitrogens with one attached hydrogen (secondary N) is 2. The molecule has 1 aliphatic carbocycles. The molecule has 3 N–H and O–H groups in total. The Bertz CT molecular complexity index is 1050. The average Bonchev–Trinajstić information content (AvgIpc) is 2.74. The molecule has 0 saturated heterocycles. The van der Waals surface area contributed by atoms with Crippen LogP contribution in [-0.4, -0.2) is 40.3 Å². The van der Waals surface area contributed by atoms with Gasteiger partial charge in [-0.25, -0.2) is 9.37 Å². The standard InChI is InChI=1S/C28H38FN3O3/c1-18(33)32-23(13-19-7-5-8-21(29)11-19)25(34)17-30-24-15-28(9-6-10-28)35-26-22(24)12-20(16-31-26)14-27(2,3)4/h5,7-8,11-12,16,23-25,30,34H,6,9-10,13-15,17H2,1-4H3,(H,32,33)/t23-,24-,25-/m0/s1. The zero-order chi connectivity index (χ0) is 25.2. The lowest BCUT2D eigenvalue weighted by atomic mass is 9.73. The Labute approximate surface area is 207 Å². The first-order valence-corrected chi connectivity index (χ1v) is 12.6. The fraction of sp³-hybridized carbons (Fsp3) is 0.571. The van der Waals surface area contributed by atoms with Crippen LogP contribution in [0.5, 0.6) is 5.88 Å². The SMILES string of the molecule is CC(=O)N[C@@H](Cc1cccc(F)c1)[C@@H](O)CN[C@H]1CC2(CCC2)Oc2ncc(CC(C)(C)C)cc21. The van der Waals surface area contributed by atoms with Crippen molar-refractivity contribution in [1.29, 1.82) is 0 Å². The van der Waals surface area contributed by atoms with Crippen LogP contribution in [0.1, 0.15) is 76.1 Å². The van der Waals surface area contributed by atoms with Crippen molar-refractivity contribution in [3.8, 4) is 5.88 Å². The van der Waals surface area contributed by atoms with Gasteiger partial charge in [0.05, 0.1) is 12.1 Å². The van der Waals surface area contributed by atoms with E-state index in [4.69, 9.17) is 4.74 Å². The smallest absolute Gasteiger partial charge is 0.218 e. The van der Waals surface area contributed by atoms with Gasteiger partial charge in [-0.15, -0.1) is 0 Å². The van der Waals surface area contributed by atoms with Crippen LogP contribution in [0.4, 0.5) is 4.39 Å². The lowest BCUT2D eigenvalue weighted by Gasteiger charge is -2.47. The summed E-state index contributed by atoms with van der Waals surface area (Å²) in [6, 6.07) is 7.90. The Morgan fingerprint density at radius 2 is 2.06 bits per heavy atom. The number of aliphatic hydroxyl groups excluding tert-OH is 1. The highest BCUT2D eigenvalue weighted by Crippen LogP contribution is 2.48. The molecule has 0 radical (unpaired) electrons. The molecule has 1 saturated carbocycles. The van der Waals surface area contributed by atoms with E-state index in [9.17, 15) is 14.3 Å². The molecule has 1 fully saturated rings. The summed E-state index contributed by atoms with van der Waals surface area (Å²) in [4.78, 5) is 16.5. The Balaban J connectivity index is 1.50. The first-order valence-electron chi connectivity index (χ1n) is 12.6. The second kappa shape index (κ2) is 10.2. The minimum atomic E-state index is -0.850. The maximum atomic E-state index is 13.7. The average molecular weight is 484 g/mol. The van der Waals surface area contributed by atoms with E-state index < -0.39 is 12.1 Å². The molecular weight excluding hydrogens is 445 g/mol. The van der Waals surface area contributed by atoms with E-state index in [1.165, 1.54) is 24.6 Å². The van der Waals surface area contributed by atoms with Crippen molar-refractivity contribution in [2.75, 3.05) is 6.54 Å². The molecule has 1 aromatic carbocycles. The van der Waals surface area contributed by atoms with Crippen molar-refractivity contribution in [2.45, 2.75) is 90.0 Å². The van der Waals surface area contributed by atoms with Gasteiger partial charge in [-0.2, -0.15) is 0 Å². The van der Waals surface area contributed by atoms with Gasteiger partial charge in [0, 0.05) is 37.7 Å². The normalized spacial score (nSPS) is 20.3. The zero-order valence-corrected chi connectivity index (χ0v) is 21.2. The van der Waals surface area contributed by atoms with Crippen molar-refractivity contribution in [1.82, 2.24) is 15.6 Å². The summed E-state index contributed by atoms with van der Waals surface area (Å²) in [6.45, 7) is 8.33. The number of fused-ring (bicyclic) bond motifs is 1. The number of pyridine rings is 1. The lowest BCUT2D eigenvalue weighted by Crippen LogP contribution is -2.52. The molecule has 2 aliphatic rings. The minimum Gasteiger partial charge on any atom is -0.471 e. The number of hydrogen-bond acceptors (Lipinski definition) is 5. The molecule has 2 aromatic rings. The molecule has 4 rings (SSSR count). The quantitative estimate of drug-likeness (QED) is 0.523. The predicted molar refractivity (Wildman–Crippen MR) is 134 cm³/mol. The molecule has 35 heavy (non-hydrogen) atoms. The van der Waals surface area contributed by atoms with Crippen molar-refractivity contribution < 1.29 is 19.0 Å². The van der Waals surface area contributed by atoms with Gasteiger partial charge < -0.3 is 20.5 Å². The van der Waals surface area contributed by atoms with Crippen molar-refractivity contribution >= 4 is 5.91 Å². The van der Waals surface area contributed by atoms with Gasteiger partial charge in [-0.1, -0.05) is 32.9 Å². The van der Waals surface area contributed by atoms with Crippen LogP contribution in [0.2, 0.25) is 0 Å². The van der Waals surface area contributed by atoms with E-state index in [-0.39, 0.29) is 35.3 Å². The number of amides is 1. The summed E-state index contributed by atoms with van der Waals surface area (Å²) < 4.78 is 20.0. The number of aromatic nitrogens is 1. The Hall–Kier alpha value is -2.51. The number of hydrogen-bond donors (Lipinski definition) is 3. The van der Waals surface area contributed by atoms with Gasteiger partial charge >= 0.3 is 0 Å². The summed E-state index contributed by atoms with van der Waals surface area (Å²) in [5.41, 5.74) is 2.87. The molecule has 1 aliphatic heterocycles. The van der Waals surface area contributed by atoms with E-state index in [0.29, 0.717) is 12.3 Å². The summed E-state index contributed by atoms with van der Waals surface area (Å²) in [7, 11) is 0. The second-order valence-corrected chi connectivity index (χ2v) is 11.5. The molecular formula is C28H38FN3O3. The second-order valence-electron chi connectivity index (χ2n) is 11.5. The highest BCUT2D eigenvalue weighted by atomic mass is 19.1. The van der Waals surface area contributed by atoms with E-state index in [1.54, 1.807) is 12.1 Å². The molecule has 1 amide bonds. The molecule has 1 spiro atoms. The molecule has 2 heterocycles. The van der Waals surface area contributed by atoms with Gasteiger partial charge in [0.15, 0.2) is 0 Å². The van der Waals surface area contributed by atoms with Crippen LogP contribution in [0.15, 0.2) is 36.5 Å². The van der Waals surface area contributed by atoms with Crippen LogP contribution >= 0.6 is 0 Å². The van der Waals surface area contributed by atoms with Gasteiger partial charge in [0.25, 0.3) is 0 Å². The molecule has 3 atom stereocenters. The molecule has 1 aromatic heterocycles. The van der Waals surface area contributed by atoms with Gasteiger partial charge in [0.2, 0.25) is 11.8 Å². The summed E-state index contributed by atoms with van der Waals surface area (Å²) in [5, 5.41) is 17.4. The molecule has 0 bridgehead atoms. The fourth-order valence-corrected chi connectivity index (χ4v) is 5.21. The van der Waals surface area contributed by atoms with E-state index >= 15 is 0 Å². The summed E-state index contributed by atoms with van der Waals surface area (Å²) in [6.07, 6.45) is 6.29. The highest BCUT2D eigenvalue weighted by molar-refractivity contribution is 5.73. The van der Waals surface area contributed by atoms with Gasteiger partial charge in [0.1, 0.15) is 11.4 Å². The highest BCUT2D eigenvalue weighted by Gasteiger charge is 2.46. The summed E-state index contributed by atoms with van der Waals surface area (Å²) in [5.74, 6) is 0.116. The number of halogens is 1. The largest absolute Gasteiger partial charge is 0.471 e. The Morgan fingerprint density at radius 1 is 1.29 bits per heavy atom. The Kier molecular flexibility index (Phi) is 7.48. The van der Waals surface area contributed by atoms with Crippen LogP contribution in [0.3, 0.4) is 0 Å².